The average molecular weight is 338 g/mol. The van der Waals surface area contributed by atoms with Crippen molar-refractivity contribution in [1.82, 2.24) is 0 Å². The fourth-order valence-electron chi connectivity index (χ4n) is 1.70. The summed E-state index contributed by atoms with van der Waals surface area (Å²) in [5.74, 6) is -0.491. The molecule has 0 aliphatic carbocycles. The predicted molar refractivity (Wildman–Crippen MR) is 85.1 cm³/mol. The summed E-state index contributed by atoms with van der Waals surface area (Å²) in [4.78, 5) is 11.9. The Balaban J connectivity index is 2.48. The van der Waals surface area contributed by atoms with Gasteiger partial charge in [-0.1, -0.05) is 55.6 Å². The second kappa shape index (κ2) is 7.53. The molecule has 0 atom stereocenters. The quantitative estimate of drug-likeness (QED) is 0.373. The molecule has 0 aliphatic rings. The van der Waals surface area contributed by atoms with E-state index in [1.165, 1.54) is 12.1 Å². The Morgan fingerprint density at radius 2 is 1.80 bits per heavy atom. The van der Waals surface area contributed by atoms with Crippen LogP contribution in [0.3, 0.4) is 0 Å². The molecule has 1 aromatic carbocycles. The first kappa shape index (κ1) is 17.6. The van der Waals surface area contributed by atoms with E-state index in [4.69, 9.17) is 39.5 Å². The molecule has 0 aromatic heterocycles. The van der Waals surface area contributed by atoms with Crippen molar-refractivity contribution in [2.75, 3.05) is 6.61 Å². The smallest absolute Gasteiger partial charge is 0.339 e. The molecule has 0 amide bonds. The molecule has 20 heavy (non-hydrogen) atoms. The highest BCUT2D eigenvalue weighted by Crippen LogP contribution is 2.30. The lowest BCUT2D eigenvalue weighted by atomic mass is 9.90. The number of ether oxygens (including phenoxy) is 1. The van der Waals surface area contributed by atoms with E-state index in [9.17, 15) is 4.79 Å². The zero-order valence-electron chi connectivity index (χ0n) is 11.9. The Labute approximate surface area is 135 Å². The van der Waals surface area contributed by atoms with Gasteiger partial charge in [0.05, 0.1) is 22.2 Å². The van der Waals surface area contributed by atoms with Crippen molar-refractivity contribution in [3.8, 4) is 0 Å². The largest absolute Gasteiger partial charge is 0.462 e. The maximum absolute atomic E-state index is 11.9. The van der Waals surface area contributed by atoms with E-state index < -0.39 is 5.97 Å². The van der Waals surface area contributed by atoms with Crippen LogP contribution in [0.15, 0.2) is 12.1 Å². The number of hydrogen-bond acceptors (Lipinski definition) is 2. The van der Waals surface area contributed by atoms with Crippen LogP contribution in [0, 0.1) is 5.41 Å². The van der Waals surface area contributed by atoms with Crippen molar-refractivity contribution in [3.63, 3.8) is 0 Å². The van der Waals surface area contributed by atoms with Crippen molar-refractivity contribution in [2.45, 2.75) is 40.0 Å². The molecule has 5 heteroatoms. The van der Waals surface area contributed by atoms with Crippen LogP contribution in [0.4, 0.5) is 0 Å². The van der Waals surface area contributed by atoms with Crippen molar-refractivity contribution in [3.05, 3.63) is 32.8 Å². The van der Waals surface area contributed by atoms with Crippen LogP contribution in [0.2, 0.25) is 15.1 Å². The highest BCUT2D eigenvalue weighted by molar-refractivity contribution is 6.45. The molecule has 2 nitrogen and oxygen atoms in total. The van der Waals surface area contributed by atoms with Crippen molar-refractivity contribution in [1.29, 1.82) is 0 Å². The molecular weight excluding hydrogens is 319 g/mol. The third kappa shape index (κ3) is 5.90. The number of carbonyl (C=O) groups excluding carboxylic acids is 1. The van der Waals surface area contributed by atoms with Crippen LogP contribution in [0.25, 0.3) is 0 Å². The monoisotopic (exact) mass is 336 g/mol. The Morgan fingerprint density at radius 3 is 2.40 bits per heavy atom. The molecule has 0 aliphatic heterocycles. The van der Waals surface area contributed by atoms with Gasteiger partial charge in [-0.2, -0.15) is 0 Å². The SMILES string of the molecule is CC(C)(C)CCCCOC(=O)c1cc(Cl)cc(Cl)c1Cl. The summed E-state index contributed by atoms with van der Waals surface area (Å²) in [6.07, 6.45) is 2.93. The highest BCUT2D eigenvalue weighted by atomic mass is 35.5. The molecule has 1 aromatic rings. The fraction of sp³-hybridized carbons (Fsp3) is 0.533. The second-order valence-electron chi connectivity index (χ2n) is 5.90. The minimum absolute atomic E-state index is 0.177. The molecule has 0 saturated heterocycles. The second-order valence-corrected chi connectivity index (χ2v) is 7.12. The van der Waals surface area contributed by atoms with E-state index in [1.807, 2.05) is 0 Å². The lowest BCUT2D eigenvalue weighted by Gasteiger charge is -2.17. The molecule has 0 N–H and O–H groups in total. The first-order chi connectivity index (χ1) is 9.20. The zero-order valence-corrected chi connectivity index (χ0v) is 14.2. The molecule has 0 heterocycles. The highest BCUT2D eigenvalue weighted by Gasteiger charge is 2.16. The molecule has 0 fully saturated rings. The summed E-state index contributed by atoms with van der Waals surface area (Å²) in [6, 6.07) is 2.96. The summed E-state index contributed by atoms with van der Waals surface area (Å²) in [5, 5.41) is 0.786. The molecule has 0 unspecified atom stereocenters. The first-order valence-corrected chi connectivity index (χ1v) is 7.66. The average Bonchev–Trinajstić information content (AvgIpc) is 2.31. The van der Waals surface area contributed by atoms with E-state index in [-0.39, 0.29) is 15.6 Å². The maximum atomic E-state index is 11.9. The summed E-state index contributed by atoms with van der Waals surface area (Å²) in [6.45, 7) is 6.93. The number of esters is 1. The van der Waals surface area contributed by atoms with Crippen molar-refractivity contribution < 1.29 is 9.53 Å². The summed E-state index contributed by atoms with van der Waals surface area (Å²) in [7, 11) is 0. The van der Waals surface area contributed by atoms with Gasteiger partial charge in [0.1, 0.15) is 0 Å². The topological polar surface area (TPSA) is 26.3 Å². The van der Waals surface area contributed by atoms with Gasteiger partial charge < -0.3 is 4.74 Å². The van der Waals surface area contributed by atoms with E-state index in [2.05, 4.69) is 20.8 Å². The van der Waals surface area contributed by atoms with Gasteiger partial charge in [-0.15, -0.1) is 0 Å². The minimum atomic E-state index is -0.491. The van der Waals surface area contributed by atoms with Gasteiger partial charge in [-0.25, -0.2) is 4.79 Å². The molecule has 0 saturated carbocycles. The summed E-state index contributed by atoms with van der Waals surface area (Å²) in [5.41, 5.74) is 0.508. The number of carbonyl (C=O) groups is 1. The minimum Gasteiger partial charge on any atom is -0.462 e. The molecule has 0 bridgehead atoms. The predicted octanol–water partition coefficient (Wildman–Crippen LogP) is 6.02. The molecule has 0 radical (unpaired) electrons. The number of rotatable bonds is 5. The van der Waals surface area contributed by atoms with Crippen LogP contribution in [-0.2, 0) is 4.74 Å². The number of halogens is 3. The Morgan fingerprint density at radius 1 is 1.15 bits per heavy atom. The van der Waals surface area contributed by atoms with Crippen LogP contribution >= 0.6 is 34.8 Å². The molecule has 112 valence electrons. The lowest BCUT2D eigenvalue weighted by Crippen LogP contribution is -2.09. The van der Waals surface area contributed by atoms with E-state index in [0.29, 0.717) is 17.0 Å². The number of benzene rings is 1. The Bertz CT molecular complexity index is 479. The van der Waals surface area contributed by atoms with Crippen LogP contribution in [0.5, 0.6) is 0 Å². The molecule has 0 spiro atoms. The number of unbranched alkanes of at least 4 members (excludes halogenated alkanes) is 1. The van der Waals surface area contributed by atoms with Crippen LogP contribution in [-0.4, -0.2) is 12.6 Å². The van der Waals surface area contributed by atoms with E-state index in [0.717, 1.165) is 19.3 Å². The summed E-state index contributed by atoms with van der Waals surface area (Å²) >= 11 is 17.7. The number of hydrogen-bond donors (Lipinski definition) is 0. The van der Waals surface area contributed by atoms with Gasteiger partial charge in [0, 0.05) is 5.02 Å². The van der Waals surface area contributed by atoms with Crippen LogP contribution < -0.4 is 0 Å². The van der Waals surface area contributed by atoms with Crippen molar-refractivity contribution >= 4 is 40.8 Å². The zero-order chi connectivity index (χ0) is 15.3. The van der Waals surface area contributed by atoms with Crippen LogP contribution in [0.1, 0.15) is 50.4 Å². The van der Waals surface area contributed by atoms with Gasteiger partial charge in [0.15, 0.2) is 0 Å². The molecule has 1 rings (SSSR count). The maximum Gasteiger partial charge on any atom is 0.339 e. The van der Waals surface area contributed by atoms with Gasteiger partial charge in [-0.05, 0) is 36.8 Å². The van der Waals surface area contributed by atoms with Crippen molar-refractivity contribution in [2.24, 2.45) is 5.41 Å². The first-order valence-electron chi connectivity index (χ1n) is 6.52. The Hall–Kier alpha value is -0.440. The Kier molecular flexibility index (Phi) is 6.63. The lowest BCUT2D eigenvalue weighted by molar-refractivity contribution is 0.0496. The fourth-order valence-corrected chi connectivity index (χ4v) is 2.38. The standard InChI is InChI=1S/C15H19Cl3O2/c1-15(2,3)6-4-5-7-20-14(19)11-8-10(16)9-12(17)13(11)18/h8-9H,4-7H2,1-3H3. The third-order valence-corrected chi connectivity index (χ3v) is 3.79. The summed E-state index contributed by atoms with van der Waals surface area (Å²) < 4.78 is 5.19. The van der Waals surface area contributed by atoms with E-state index >= 15 is 0 Å². The van der Waals surface area contributed by atoms with Gasteiger partial charge in [-0.3, -0.25) is 0 Å². The van der Waals surface area contributed by atoms with E-state index in [1.54, 1.807) is 0 Å². The third-order valence-electron chi connectivity index (χ3n) is 2.77. The van der Waals surface area contributed by atoms with Gasteiger partial charge in [0.25, 0.3) is 0 Å². The van der Waals surface area contributed by atoms with Gasteiger partial charge in [0.2, 0.25) is 0 Å². The molecular formula is C15H19Cl3O2. The normalized spacial score (nSPS) is 11.5. The van der Waals surface area contributed by atoms with Gasteiger partial charge >= 0.3 is 5.97 Å².